The van der Waals surface area contributed by atoms with Crippen LogP contribution in [-0.2, 0) is 57.7 Å². The zero-order valence-corrected chi connectivity index (χ0v) is 40.3. The number of hydrogen-bond donors (Lipinski definition) is 2. The van der Waals surface area contributed by atoms with Gasteiger partial charge in [-0.3, -0.25) is 28.8 Å². The quantitative estimate of drug-likeness (QED) is 0.106. The predicted molar refractivity (Wildman–Crippen MR) is 241 cm³/mol. The van der Waals surface area contributed by atoms with Gasteiger partial charge in [-0.2, -0.15) is 9.13 Å². The highest BCUT2D eigenvalue weighted by Gasteiger charge is 2.47. The first-order chi connectivity index (χ1) is 29.9. The maximum absolute atomic E-state index is 14.3. The fourth-order valence-electron chi connectivity index (χ4n) is 4.70. The molecule has 0 aliphatic carbocycles. The number of ether oxygens (including phenoxy) is 1. The first kappa shape index (κ1) is 51.5. The summed E-state index contributed by atoms with van der Waals surface area (Å²) in [6.07, 6.45) is 0. The summed E-state index contributed by atoms with van der Waals surface area (Å²) in [5.74, 6) is -6.16. The smallest absolute Gasteiger partial charge is 0.484 e. The molecule has 0 bridgehead atoms. The van der Waals surface area contributed by atoms with Crippen LogP contribution < -0.4 is 24.4 Å². The van der Waals surface area contributed by atoms with Crippen molar-refractivity contribution >= 4 is 67.8 Å². The minimum atomic E-state index is -5.30. The number of hydrogen-bond acceptors (Lipinski definition) is 15. The fourth-order valence-corrected chi connectivity index (χ4v) is 7.60. The second kappa shape index (κ2) is 19.9. The molecule has 0 radical (unpaired) electrons. The van der Waals surface area contributed by atoms with Gasteiger partial charge in [0.2, 0.25) is 0 Å². The Morgan fingerprint density at radius 3 is 1.48 bits per heavy atom. The molecule has 0 aliphatic rings. The van der Waals surface area contributed by atoms with Gasteiger partial charge in [0.1, 0.15) is 5.75 Å². The third kappa shape index (κ3) is 15.2. The van der Waals surface area contributed by atoms with Gasteiger partial charge in [-0.1, -0.05) is 36.4 Å². The van der Waals surface area contributed by atoms with Crippen LogP contribution in [0.4, 0.5) is 5.69 Å². The maximum atomic E-state index is 14.3. The topological polar surface area (TPSA) is 225 Å². The number of nitrogens with one attached hydrogen (secondary N) is 2. The van der Waals surface area contributed by atoms with Crippen LogP contribution in [0.15, 0.2) is 84.9 Å². The number of rotatable bonds is 15. The molecule has 0 saturated heterocycles. The van der Waals surface area contributed by atoms with Crippen molar-refractivity contribution in [3.63, 3.8) is 0 Å². The zero-order valence-electron chi connectivity index (χ0n) is 38.5. The lowest BCUT2D eigenvalue weighted by molar-refractivity contribution is -0.151. The largest absolute Gasteiger partial charge is 0.651 e. The number of carbonyl (C=O) groups is 6. The van der Waals surface area contributed by atoms with E-state index in [-0.39, 0.29) is 18.0 Å². The number of para-hydroxylation sites is 1. The molecular weight excluding hydrogens is 882 g/mol. The molecule has 350 valence electrons. The van der Waals surface area contributed by atoms with E-state index in [1.54, 1.807) is 48.5 Å². The summed E-state index contributed by atoms with van der Waals surface area (Å²) in [4.78, 5) is 78.1. The second-order valence-electron chi connectivity index (χ2n) is 19.0. The van der Waals surface area contributed by atoms with Crippen LogP contribution in [0, 0.1) is 21.7 Å². The Kier molecular flexibility index (Phi) is 15.8. The van der Waals surface area contributed by atoms with Crippen molar-refractivity contribution in [1.82, 2.24) is 5.32 Å². The van der Waals surface area contributed by atoms with Crippen molar-refractivity contribution in [2.24, 2.45) is 21.7 Å². The monoisotopic (exact) mass is 938 g/mol. The van der Waals surface area contributed by atoms with Crippen molar-refractivity contribution in [3.05, 3.63) is 96.1 Å². The number of phosphoric acid groups is 2. The molecule has 65 heavy (non-hydrogen) atoms. The number of phosphoric ester groups is 2. The van der Waals surface area contributed by atoms with E-state index in [2.05, 4.69) is 10.6 Å². The van der Waals surface area contributed by atoms with Crippen molar-refractivity contribution in [1.29, 1.82) is 0 Å². The van der Waals surface area contributed by atoms with E-state index < -0.39 is 85.2 Å². The van der Waals surface area contributed by atoms with Gasteiger partial charge in [-0.15, -0.1) is 0 Å². The van der Waals surface area contributed by atoms with Gasteiger partial charge in [0, 0.05) is 17.8 Å². The van der Waals surface area contributed by atoms with Crippen LogP contribution in [0.25, 0.3) is 10.8 Å². The molecule has 4 aromatic rings. The molecule has 0 saturated carbocycles. The van der Waals surface area contributed by atoms with Crippen molar-refractivity contribution < 1.29 is 69.8 Å². The first-order valence-electron chi connectivity index (χ1n) is 20.3. The van der Waals surface area contributed by atoms with Gasteiger partial charge >= 0.3 is 39.5 Å². The Morgan fingerprint density at radius 1 is 0.523 bits per heavy atom. The molecule has 2 amide bonds. The summed E-state index contributed by atoms with van der Waals surface area (Å²) in [6.45, 7) is 16.7. The third-order valence-corrected chi connectivity index (χ3v) is 11.0. The standard InChI is InChI=1S/C46H56N2O15P2/c1-43(2,3)39(51)60-64(55,61-40(52)44(4,5)6)58-35-23-18-29(24-36(35)59-65(56,62-41(53)45(7,8)9)63-42(54)46(10,11)12)27-47-37(49)28-57-34-22-21-30-25-32(20-19-31(30)26-34)38(50)48-33-16-14-13-15-17-33/h13-26H,27-28H2,1-12H3,(H,47,49)(H,48,50). The van der Waals surface area contributed by atoms with E-state index in [0.29, 0.717) is 17.0 Å². The summed E-state index contributed by atoms with van der Waals surface area (Å²) >= 11 is 0. The van der Waals surface area contributed by atoms with Crippen LogP contribution in [-0.4, -0.2) is 42.3 Å². The maximum Gasteiger partial charge on any atom is 0.651 e. The summed E-state index contributed by atoms with van der Waals surface area (Å²) in [5.41, 5.74) is -3.78. The van der Waals surface area contributed by atoms with E-state index >= 15 is 0 Å². The molecule has 0 fully saturated rings. The van der Waals surface area contributed by atoms with Crippen LogP contribution in [0.5, 0.6) is 17.2 Å². The SMILES string of the molecule is CC(C)(C)C(=O)OP(=O)(OC(=O)C(C)(C)C)Oc1ccc(CNC(=O)COc2ccc3cc(C(=O)Nc4ccccc4)ccc3c2)cc1OP(=O)(OC(=O)C(C)(C)C)OC(=O)C(C)(C)C. The molecular formula is C46H56N2O15P2. The highest BCUT2D eigenvalue weighted by Crippen LogP contribution is 2.58. The number of amides is 2. The average Bonchev–Trinajstić information content (AvgIpc) is 3.18. The van der Waals surface area contributed by atoms with Gasteiger partial charge in [-0.05, 0) is 148 Å². The summed E-state index contributed by atoms with van der Waals surface area (Å²) < 4.78 is 66.3. The van der Waals surface area contributed by atoms with Crippen LogP contribution in [0.1, 0.15) is 99.0 Å². The zero-order chi connectivity index (χ0) is 48.8. The number of carbonyl (C=O) groups excluding carboxylic acids is 6. The average molecular weight is 939 g/mol. The fraction of sp³-hybridized carbons (Fsp3) is 0.391. The van der Waals surface area contributed by atoms with E-state index in [0.717, 1.165) is 22.9 Å². The van der Waals surface area contributed by atoms with Gasteiger partial charge < -0.3 is 42.5 Å². The summed E-state index contributed by atoms with van der Waals surface area (Å²) in [6, 6.07) is 22.9. The lowest BCUT2D eigenvalue weighted by Gasteiger charge is -2.27. The van der Waals surface area contributed by atoms with Crippen molar-refractivity contribution in [3.8, 4) is 17.2 Å². The molecule has 4 aromatic carbocycles. The van der Waals surface area contributed by atoms with Gasteiger partial charge in [0.05, 0.1) is 21.7 Å². The lowest BCUT2D eigenvalue weighted by Crippen LogP contribution is -2.28. The molecule has 0 aliphatic heterocycles. The normalized spacial score (nSPS) is 12.3. The number of fused-ring (bicyclic) bond motifs is 1. The van der Waals surface area contributed by atoms with E-state index in [9.17, 15) is 37.9 Å². The molecule has 17 nitrogen and oxygen atoms in total. The Bertz CT molecular complexity index is 2480. The molecule has 0 unspecified atom stereocenters. The number of anilines is 1. The molecule has 0 aromatic heterocycles. The van der Waals surface area contributed by atoms with Crippen LogP contribution in [0.2, 0.25) is 0 Å². The Morgan fingerprint density at radius 2 is 0.985 bits per heavy atom. The minimum absolute atomic E-state index is 0.211. The van der Waals surface area contributed by atoms with Crippen molar-refractivity contribution in [2.45, 2.75) is 89.6 Å². The summed E-state index contributed by atoms with van der Waals surface area (Å²) in [5, 5.41) is 7.01. The highest BCUT2D eigenvalue weighted by atomic mass is 31.2. The minimum Gasteiger partial charge on any atom is -0.484 e. The van der Waals surface area contributed by atoms with Gasteiger partial charge in [-0.25, -0.2) is 0 Å². The highest BCUT2D eigenvalue weighted by molar-refractivity contribution is 7.50. The van der Waals surface area contributed by atoms with E-state index in [1.807, 2.05) is 18.2 Å². The Balaban J connectivity index is 1.61. The third-order valence-electron chi connectivity index (χ3n) is 8.62. The van der Waals surface area contributed by atoms with Gasteiger partial charge in [0.15, 0.2) is 18.1 Å². The van der Waals surface area contributed by atoms with E-state index in [4.69, 9.17) is 31.9 Å². The summed E-state index contributed by atoms with van der Waals surface area (Å²) in [7, 11) is -10.6. The molecule has 0 atom stereocenters. The molecule has 0 spiro atoms. The molecule has 2 N–H and O–H groups in total. The van der Waals surface area contributed by atoms with Crippen molar-refractivity contribution in [2.75, 3.05) is 11.9 Å². The van der Waals surface area contributed by atoms with Crippen LogP contribution in [0.3, 0.4) is 0 Å². The van der Waals surface area contributed by atoms with E-state index in [1.165, 1.54) is 89.2 Å². The molecule has 0 heterocycles. The number of benzene rings is 4. The molecule has 19 heteroatoms. The van der Waals surface area contributed by atoms with Crippen LogP contribution >= 0.6 is 15.6 Å². The van der Waals surface area contributed by atoms with Gasteiger partial charge in [0.25, 0.3) is 11.8 Å². The Hall–Kier alpha value is -6.18. The Labute approximate surface area is 378 Å². The first-order valence-corrected chi connectivity index (χ1v) is 23.3. The predicted octanol–water partition coefficient (Wildman–Crippen LogP) is 10.1. The lowest BCUT2D eigenvalue weighted by atomic mass is 9.98. The molecule has 4 rings (SSSR count). The second-order valence-corrected chi connectivity index (χ2v) is 21.9.